The SMILES string of the molecule is COC(Cc1ccc(OCCCc2c3[nH]cccc-3c3cccnc23)cc1)C(=O)O. The molecule has 6 nitrogen and oxygen atoms in total. The zero-order valence-corrected chi connectivity index (χ0v) is 16.8. The van der Waals surface area contributed by atoms with Gasteiger partial charge in [-0.1, -0.05) is 24.3 Å². The summed E-state index contributed by atoms with van der Waals surface area (Å²) >= 11 is 0. The fourth-order valence-corrected chi connectivity index (χ4v) is 3.78. The van der Waals surface area contributed by atoms with Crippen molar-refractivity contribution in [1.82, 2.24) is 9.97 Å². The van der Waals surface area contributed by atoms with Crippen LogP contribution in [-0.2, 0) is 22.4 Å². The van der Waals surface area contributed by atoms with E-state index >= 15 is 0 Å². The normalized spacial score (nSPS) is 12.3. The average Bonchev–Trinajstić information content (AvgIpc) is 3.09. The van der Waals surface area contributed by atoms with Gasteiger partial charge in [-0.2, -0.15) is 0 Å². The van der Waals surface area contributed by atoms with Gasteiger partial charge in [-0.25, -0.2) is 4.79 Å². The molecule has 0 fully saturated rings. The number of carboxylic acids is 1. The Hall–Kier alpha value is -3.38. The summed E-state index contributed by atoms with van der Waals surface area (Å²) in [6, 6.07) is 15.7. The highest BCUT2D eigenvalue weighted by Crippen LogP contribution is 2.36. The molecule has 30 heavy (non-hydrogen) atoms. The third-order valence-electron chi connectivity index (χ3n) is 5.29. The molecule has 0 spiro atoms. The predicted octanol–water partition coefficient (Wildman–Crippen LogP) is 4.32. The predicted molar refractivity (Wildman–Crippen MR) is 115 cm³/mol. The molecule has 0 radical (unpaired) electrons. The summed E-state index contributed by atoms with van der Waals surface area (Å²) in [4.78, 5) is 19.0. The number of aromatic nitrogens is 2. The smallest absolute Gasteiger partial charge is 0.333 e. The molecular weight excluding hydrogens is 380 g/mol. The molecule has 1 aliphatic carbocycles. The summed E-state index contributed by atoms with van der Waals surface area (Å²) in [6.07, 6.45) is 5.00. The Morgan fingerprint density at radius 2 is 2.00 bits per heavy atom. The van der Waals surface area contributed by atoms with Crippen molar-refractivity contribution >= 4 is 16.9 Å². The number of carboxylic acid groups (broad SMARTS) is 1. The summed E-state index contributed by atoms with van der Waals surface area (Å²) in [5.74, 6) is -0.193. The summed E-state index contributed by atoms with van der Waals surface area (Å²) < 4.78 is 10.9. The van der Waals surface area contributed by atoms with Crippen molar-refractivity contribution in [1.29, 1.82) is 0 Å². The van der Waals surface area contributed by atoms with Crippen LogP contribution >= 0.6 is 0 Å². The molecule has 1 aliphatic heterocycles. The quantitative estimate of drug-likeness (QED) is 0.406. The Labute approximate surface area is 174 Å². The Kier molecular flexibility index (Phi) is 5.95. The summed E-state index contributed by atoms with van der Waals surface area (Å²) in [5, 5.41) is 10.3. The number of carbonyl (C=O) groups is 1. The minimum atomic E-state index is -0.961. The number of methoxy groups -OCH3 is 1. The first-order valence-corrected chi connectivity index (χ1v) is 9.97. The maximum atomic E-state index is 11.1. The van der Waals surface area contributed by atoms with Crippen molar-refractivity contribution < 1.29 is 19.4 Å². The number of H-pyrrole nitrogens is 1. The number of hydrogen-bond acceptors (Lipinski definition) is 4. The molecule has 0 saturated carbocycles. The van der Waals surface area contributed by atoms with E-state index in [1.807, 2.05) is 48.8 Å². The Morgan fingerprint density at radius 1 is 1.17 bits per heavy atom. The van der Waals surface area contributed by atoms with Gasteiger partial charge in [0.2, 0.25) is 0 Å². The largest absolute Gasteiger partial charge is 0.494 e. The van der Waals surface area contributed by atoms with E-state index in [2.05, 4.69) is 22.1 Å². The zero-order valence-electron chi connectivity index (χ0n) is 16.8. The van der Waals surface area contributed by atoms with Gasteiger partial charge in [0.25, 0.3) is 0 Å². The van der Waals surface area contributed by atoms with Crippen LogP contribution in [0.4, 0.5) is 0 Å². The number of fused-ring (bicyclic) bond motifs is 3. The van der Waals surface area contributed by atoms with Crippen LogP contribution in [0.1, 0.15) is 17.5 Å². The van der Waals surface area contributed by atoms with Crippen LogP contribution in [0, 0.1) is 0 Å². The van der Waals surface area contributed by atoms with Crippen molar-refractivity contribution in [2.45, 2.75) is 25.4 Å². The first-order valence-electron chi connectivity index (χ1n) is 9.97. The Morgan fingerprint density at radius 3 is 2.77 bits per heavy atom. The molecule has 2 heterocycles. The van der Waals surface area contributed by atoms with E-state index in [0.717, 1.165) is 35.4 Å². The number of aliphatic carboxylic acids is 1. The topological polar surface area (TPSA) is 84.4 Å². The van der Waals surface area contributed by atoms with Gasteiger partial charge in [-0.3, -0.25) is 4.98 Å². The number of nitrogens with one attached hydrogen (secondary N) is 1. The lowest BCUT2D eigenvalue weighted by Crippen LogP contribution is -2.24. The molecule has 1 unspecified atom stereocenters. The maximum Gasteiger partial charge on any atom is 0.333 e. The van der Waals surface area contributed by atoms with E-state index in [-0.39, 0.29) is 0 Å². The molecule has 0 bridgehead atoms. The summed E-state index contributed by atoms with van der Waals surface area (Å²) in [7, 11) is 1.41. The molecule has 154 valence electrons. The van der Waals surface area contributed by atoms with Gasteiger partial charge >= 0.3 is 5.97 Å². The van der Waals surface area contributed by atoms with Crippen LogP contribution in [0.3, 0.4) is 0 Å². The highest BCUT2D eigenvalue weighted by atomic mass is 16.5. The first kappa shape index (κ1) is 19.9. The van der Waals surface area contributed by atoms with E-state index in [1.54, 1.807) is 0 Å². The van der Waals surface area contributed by atoms with Crippen LogP contribution in [0.15, 0.2) is 60.9 Å². The number of aryl methyl sites for hydroxylation is 1. The number of ether oxygens (including phenoxy) is 2. The van der Waals surface area contributed by atoms with E-state index in [0.29, 0.717) is 13.0 Å². The molecule has 1 atom stereocenters. The second-order valence-electron chi connectivity index (χ2n) is 7.20. The minimum Gasteiger partial charge on any atom is -0.494 e. The monoisotopic (exact) mass is 404 g/mol. The van der Waals surface area contributed by atoms with E-state index in [9.17, 15) is 4.79 Å². The molecular formula is C24H24N2O4. The number of pyridine rings is 2. The number of benzene rings is 1. The third kappa shape index (κ3) is 4.14. The van der Waals surface area contributed by atoms with Gasteiger partial charge in [0.05, 0.1) is 17.8 Å². The molecule has 2 N–H and O–H groups in total. The van der Waals surface area contributed by atoms with E-state index in [1.165, 1.54) is 23.6 Å². The molecule has 1 aromatic heterocycles. The molecule has 2 aliphatic rings. The van der Waals surface area contributed by atoms with Crippen LogP contribution in [0.25, 0.3) is 22.2 Å². The molecule has 1 aromatic carbocycles. The standard InChI is InChI=1S/C24H24N2O4/c1-29-21(24(27)28)15-16-8-10-17(11-9-16)30-14-4-7-20-22-18(5-2-12-25-22)19-6-3-13-26-23(19)20/h2-3,5-6,8-13,21,25H,4,7,14-15H2,1H3,(H,27,28). The number of nitrogens with zero attached hydrogens (tertiary/aromatic N) is 1. The van der Waals surface area contributed by atoms with E-state index in [4.69, 9.17) is 14.6 Å². The minimum absolute atomic E-state index is 0.326. The summed E-state index contributed by atoms with van der Waals surface area (Å²) in [6.45, 7) is 0.586. The van der Waals surface area contributed by atoms with Crippen molar-refractivity contribution in [3.63, 3.8) is 0 Å². The van der Waals surface area contributed by atoms with Crippen LogP contribution < -0.4 is 4.74 Å². The Bertz CT molecular complexity index is 1100. The van der Waals surface area contributed by atoms with Crippen LogP contribution in [0.2, 0.25) is 0 Å². The number of hydrogen-bond donors (Lipinski definition) is 2. The summed E-state index contributed by atoms with van der Waals surface area (Å²) in [5.41, 5.74) is 5.50. The highest BCUT2D eigenvalue weighted by Gasteiger charge is 2.18. The molecule has 6 heteroatoms. The van der Waals surface area contributed by atoms with Crippen molar-refractivity contribution in [3.05, 3.63) is 72.1 Å². The van der Waals surface area contributed by atoms with Crippen LogP contribution in [-0.4, -0.2) is 40.9 Å². The lowest BCUT2D eigenvalue weighted by atomic mass is 10.1. The second-order valence-corrected chi connectivity index (χ2v) is 7.20. The average molecular weight is 404 g/mol. The molecule has 0 saturated heterocycles. The highest BCUT2D eigenvalue weighted by molar-refractivity contribution is 6.02. The number of rotatable bonds is 9. The van der Waals surface area contributed by atoms with Gasteiger partial charge in [0.15, 0.2) is 6.10 Å². The molecule has 4 rings (SSSR count). The molecule has 2 aromatic rings. The van der Waals surface area contributed by atoms with Crippen molar-refractivity contribution in [2.75, 3.05) is 13.7 Å². The van der Waals surface area contributed by atoms with Crippen molar-refractivity contribution in [3.8, 4) is 17.0 Å². The number of aromatic amines is 1. The van der Waals surface area contributed by atoms with Gasteiger partial charge < -0.3 is 19.6 Å². The van der Waals surface area contributed by atoms with Gasteiger partial charge in [0.1, 0.15) is 5.75 Å². The van der Waals surface area contributed by atoms with Gasteiger partial charge in [-0.15, -0.1) is 0 Å². The van der Waals surface area contributed by atoms with Crippen LogP contribution in [0.5, 0.6) is 5.75 Å². The maximum absolute atomic E-state index is 11.1. The van der Waals surface area contributed by atoms with E-state index < -0.39 is 12.1 Å². The lowest BCUT2D eigenvalue weighted by molar-refractivity contribution is -0.148. The fraction of sp³-hybridized carbons (Fsp3) is 0.250. The third-order valence-corrected chi connectivity index (χ3v) is 5.29. The fourth-order valence-electron chi connectivity index (χ4n) is 3.78. The van der Waals surface area contributed by atoms with Gasteiger partial charge in [0, 0.05) is 42.4 Å². The van der Waals surface area contributed by atoms with Crippen molar-refractivity contribution in [2.24, 2.45) is 0 Å². The zero-order chi connectivity index (χ0) is 20.9. The second kappa shape index (κ2) is 8.97. The van der Waals surface area contributed by atoms with Gasteiger partial charge in [-0.05, 0) is 42.7 Å². The first-order chi connectivity index (χ1) is 14.7. The Balaban J connectivity index is 1.36. The molecule has 0 amide bonds. The lowest BCUT2D eigenvalue weighted by Gasteiger charge is -2.11.